The van der Waals surface area contributed by atoms with Crippen molar-refractivity contribution >= 4 is 17.4 Å². The van der Waals surface area contributed by atoms with Crippen molar-refractivity contribution in [2.45, 2.75) is 12.3 Å². The summed E-state index contributed by atoms with van der Waals surface area (Å²) in [5.41, 5.74) is -0.879. The quantitative estimate of drug-likeness (QED) is 0.667. The normalized spacial score (nSPS) is 12.5. The van der Waals surface area contributed by atoms with Gasteiger partial charge >= 0.3 is 12.2 Å². The number of para-hydroxylation sites is 1. The highest BCUT2D eigenvalue weighted by molar-refractivity contribution is 6.00. The number of aliphatic hydroxyl groups is 1. The molecule has 28 heavy (non-hydrogen) atoms. The van der Waals surface area contributed by atoms with Crippen LogP contribution in [-0.2, 0) is 6.18 Å². The molecule has 0 aromatic heterocycles. The number of alkyl halides is 3. The minimum atomic E-state index is -4.57. The van der Waals surface area contributed by atoms with Crippen LogP contribution in [0.2, 0.25) is 0 Å². The lowest BCUT2D eigenvalue weighted by atomic mass is 10.1. The maximum atomic E-state index is 13.0. The van der Waals surface area contributed by atoms with E-state index < -0.39 is 23.9 Å². The summed E-state index contributed by atoms with van der Waals surface area (Å²) >= 11 is 0. The number of likely N-dealkylation sites (N-methyl/N-ethyl adjacent to an activating group) is 1. The van der Waals surface area contributed by atoms with Crippen molar-refractivity contribution in [3.8, 4) is 5.75 Å². The Hall–Kier alpha value is -2.78. The predicted molar refractivity (Wildman–Crippen MR) is 101 cm³/mol. The number of hydrogen-bond donors (Lipinski definition) is 3. The highest BCUT2D eigenvalue weighted by Crippen LogP contribution is 2.34. The Bertz CT molecular complexity index is 780. The van der Waals surface area contributed by atoms with Gasteiger partial charge in [0.15, 0.2) is 0 Å². The number of urea groups is 1. The lowest BCUT2D eigenvalue weighted by Gasteiger charge is -2.16. The molecule has 0 fully saturated rings. The van der Waals surface area contributed by atoms with Crippen molar-refractivity contribution in [3.63, 3.8) is 0 Å². The van der Waals surface area contributed by atoms with Gasteiger partial charge in [-0.2, -0.15) is 13.2 Å². The van der Waals surface area contributed by atoms with Gasteiger partial charge in [0, 0.05) is 12.2 Å². The first kappa shape index (κ1) is 21.5. The summed E-state index contributed by atoms with van der Waals surface area (Å²) in [5.74, 6) is 0.492. The molecule has 2 rings (SSSR count). The monoisotopic (exact) mass is 397 g/mol. The molecule has 2 aromatic carbocycles. The summed E-state index contributed by atoms with van der Waals surface area (Å²) in [7, 11) is 3.67. The molecule has 0 aliphatic carbocycles. The van der Waals surface area contributed by atoms with E-state index in [2.05, 4.69) is 10.6 Å². The van der Waals surface area contributed by atoms with Crippen LogP contribution in [0, 0.1) is 0 Å². The Labute approximate surface area is 160 Å². The molecule has 9 heteroatoms. The van der Waals surface area contributed by atoms with Gasteiger partial charge in [-0.05, 0) is 50.5 Å². The summed E-state index contributed by atoms with van der Waals surface area (Å²) in [4.78, 5) is 13.8. The zero-order chi connectivity index (χ0) is 20.7. The number of amides is 2. The van der Waals surface area contributed by atoms with Gasteiger partial charge in [-0.3, -0.25) is 0 Å². The zero-order valence-electron chi connectivity index (χ0n) is 15.5. The third-order valence-electron chi connectivity index (χ3n) is 3.61. The van der Waals surface area contributed by atoms with Gasteiger partial charge < -0.3 is 25.4 Å². The summed E-state index contributed by atoms with van der Waals surface area (Å²) in [6.45, 7) is 0.568. The van der Waals surface area contributed by atoms with Crippen LogP contribution in [0.5, 0.6) is 5.75 Å². The maximum Gasteiger partial charge on any atom is 0.418 e. The van der Waals surface area contributed by atoms with Crippen LogP contribution in [0.15, 0.2) is 48.5 Å². The Morgan fingerprint density at radius 2 is 1.75 bits per heavy atom. The summed E-state index contributed by atoms with van der Waals surface area (Å²) in [6, 6.07) is 10.2. The molecule has 0 saturated heterocycles. The summed E-state index contributed by atoms with van der Waals surface area (Å²) < 4.78 is 44.3. The number of aliphatic hydroxyl groups excluding tert-OH is 1. The first-order chi connectivity index (χ1) is 13.1. The second-order valence-electron chi connectivity index (χ2n) is 6.37. The highest BCUT2D eigenvalue weighted by atomic mass is 19.4. The SMILES string of the molecule is CN(C)CC(O)COc1ccc(NC(=O)Nc2ccccc2C(F)(F)F)cc1. The first-order valence-electron chi connectivity index (χ1n) is 8.45. The summed E-state index contributed by atoms with van der Waals surface area (Å²) in [6.07, 6.45) is -5.22. The smallest absolute Gasteiger partial charge is 0.418 e. The minimum absolute atomic E-state index is 0.111. The van der Waals surface area contributed by atoms with E-state index in [-0.39, 0.29) is 12.3 Å². The second-order valence-corrected chi connectivity index (χ2v) is 6.37. The predicted octanol–water partition coefficient (Wildman–Crippen LogP) is 3.65. The lowest BCUT2D eigenvalue weighted by Crippen LogP contribution is -2.30. The molecule has 1 atom stereocenters. The highest BCUT2D eigenvalue weighted by Gasteiger charge is 2.33. The molecule has 1 unspecified atom stereocenters. The van der Waals surface area contributed by atoms with Crippen molar-refractivity contribution in [2.75, 3.05) is 37.9 Å². The van der Waals surface area contributed by atoms with Crippen LogP contribution in [0.1, 0.15) is 5.56 Å². The Morgan fingerprint density at radius 1 is 1.11 bits per heavy atom. The van der Waals surface area contributed by atoms with Gasteiger partial charge in [-0.15, -0.1) is 0 Å². The first-order valence-corrected chi connectivity index (χ1v) is 8.45. The van der Waals surface area contributed by atoms with Crippen LogP contribution in [0.4, 0.5) is 29.3 Å². The van der Waals surface area contributed by atoms with E-state index in [1.807, 2.05) is 19.0 Å². The number of rotatable bonds is 7. The van der Waals surface area contributed by atoms with Gasteiger partial charge in [0.25, 0.3) is 0 Å². The van der Waals surface area contributed by atoms with E-state index in [1.54, 1.807) is 24.3 Å². The van der Waals surface area contributed by atoms with E-state index >= 15 is 0 Å². The Morgan fingerprint density at radius 3 is 2.36 bits per heavy atom. The second kappa shape index (κ2) is 9.43. The van der Waals surface area contributed by atoms with Gasteiger partial charge in [-0.25, -0.2) is 4.79 Å². The fourth-order valence-corrected chi connectivity index (χ4v) is 2.43. The molecular formula is C19H22F3N3O3. The van der Waals surface area contributed by atoms with Crippen LogP contribution in [-0.4, -0.2) is 49.4 Å². The van der Waals surface area contributed by atoms with E-state index in [9.17, 15) is 23.1 Å². The molecule has 6 nitrogen and oxygen atoms in total. The summed E-state index contributed by atoms with van der Waals surface area (Å²) in [5, 5.41) is 14.4. The van der Waals surface area contributed by atoms with Crippen molar-refractivity contribution in [3.05, 3.63) is 54.1 Å². The number of nitrogens with zero attached hydrogens (tertiary/aromatic N) is 1. The number of ether oxygens (including phenoxy) is 1. The molecule has 0 spiro atoms. The molecule has 0 aliphatic rings. The zero-order valence-corrected chi connectivity index (χ0v) is 15.5. The number of carbonyl (C=O) groups is 1. The third kappa shape index (κ3) is 6.75. The van der Waals surface area contributed by atoms with Gasteiger partial charge in [0.05, 0.1) is 11.3 Å². The number of carbonyl (C=O) groups excluding carboxylic acids is 1. The average molecular weight is 397 g/mol. The van der Waals surface area contributed by atoms with E-state index in [0.29, 0.717) is 18.0 Å². The number of nitrogens with one attached hydrogen (secondary N) is 2. The van der Waals surface area contributed by atoms with Crippen molar-refractivity contribution < 1.29 is 27.8 Å². The Kier molecular flexibility index (Phi) is 7.24. The van der Waals surface area contributed by atoms with Crippen molar-refractivity contribution in [1.82, 2.24) is 4.90 Å². The van der Waals surface area contributed by atoms with E-state index in [4.69, 9.17) is 4.74 Å². The van der Waals surface area contributed by atoms with Crippen LogP contribution >= 0.6 is 0 Å². The number of hydrogen-bond acceptors (Lipinski definition) is 4. The maximum absolute atomic E-state index is 13.0. The molecule has 3 N–H and O–H groups in total. The Balaban J connectivity index is 1.91. The van der Waals surface area contributed by atoms with E-state index in [1.165, 1.54) is 18.2 Å². The lowest BCUT2D eigenvalue weighted by molar-refractivity contribution is -0.136. The molecule has 0 saturated carbocycles. The molecular weight excluding hydrogens is 375 g/mol. The van der Waals surface area contributed by atoms with Crippen LogP contribution in [0.25, 0.3) is 0 Å². The molecule has 0 radical (unpaired) electrons. The van der Waals surface area contributed by atoms with Gasteiger partial charge in [0.2, 0.25) is 0 Å². The average Bonchev–Trinajstić information content (AvgIpc) is 2.60. The van der Waals surface area contributed by atoms with Crippen LogP contribution < -0.4 is 15.4 Å². The number of halogens is 3. The molecule has 0 bridgehead atoms. The van der Waals surface area contributed by atoms with Crippen molar-refractivity contribution in [1.29, 1.82) is 0 Å². The number of benzene rings is 2. The fraction of sp³-hybridized carbons (Fsp3) is 0.316. The topological polar surface area (TPSA) is 73.8 Å². The fourth-order valence-electron chi connectivity index (χ4n) is 2.43. The minimum Gasteiger partial charge on any atom is -0.491 e. The molecule has 152 valence electrons. The molecule has 2 aromatic rings. The molecule has 0 aliphatic heterocycles. The number of anilines is 2. The molecule has 0 heterocycles. The third-order valence-corrected chi connectivity index (χ3v) is 3.61. The van der Waals surface area contributed by atoms with Crippen LogP contribution in [0.3, 0.4) is 0 Å². The van der Waals surface area contributed by atoms with Gasteiger partial charge in [-0.1, -0.05) is 12.1 Å². The van der Waals surface area contributed by atoms with Gasteiger partial charge in [0.1, 0.15) is 18.5 Å². The molecule has 2 amide bonds. The largest absolute Gasteiger partial charge is 0.491 e. The standard InChI is InChI=1S/C19H22F3N3O3/c1-25(2)11-14(26)12-28-15-9-7-13(8-10-15)23-18(27)24-17-6-4-3-5-16(17)19(20,21)22/h3-10,14,26H,11-12H2,1-2H3,(H2,23,24,27). The van der Waals surface area contributed by atoms with Crippen molar-refractivity contribution in [2.24, 2.45) is 0 Å². The van der Waals surface area contributed by atoms with E-state index in [0.717, 1.165) is 6.07 Å².